The number of halogens is 2. The molecule has 0 aromatic heterocycles. The molecule has 4 heteroatoms. The maximum absolute atomic E-state index is 13.9. The number of rotatable bonds is 5. The summed E-state index contributed by atoms with van der Waals surface area (Å²) in [6.07, 6.45) is 5.42. The second-order valence-corrected chi connectivity index (χ2v) is 6.52. The van der Waals surface area contributed by atoms with E-state index in [4.69, 9.17) is 0 Å². The molecule has 1 N–H and O–H groups in total. The molecule has 0 spiro atoms. The maximum atomic E-state index is 13.9. The van der Waals surface area contributed by atoms with Crippen LogP contribution in [0.1, 0.15) is 23.6 Å². The number of fused-ring (bicyclic) bond motifs is 1. The highest BCUT2D eigenvalue weighted by Crippen LogP contribution is 2.40. The van der Waals surface area contributed by atoms with Gasteiger partial charge in [-0.1, -0.05) is 56.2 Å². The van der Waals surface area contributed by atoms with Gasteiger partial charge in [-0.15, -0.1) is 13.2 Å². The molecule has 3 rings (SSSR count). The fraction of sp³-hybridized carbons (Fsp3) is 0.0769. The van der Waals surface area contributed by atoms with Crippen LogP contribution in [-0.2, 0) is 6.54 Å². The first kappa shape index (κ1) is 22.6. The number of hydrogen-bond donors (Lipinski definition) is 1. The molecule has 0 aliphatic carbocycles. The lowest BCUT2D eigenvalue weighted by molar-refractivity contribution is 0.429. The Labute approximate surface area is 176 Å². The van der Waals surface area contributed by atoms with E-state index in [1.54, 1.807) is 17.2 Å². The fourth-order valence-corrected chi connectivity index (χ4v) is 3.25. The molecule has 0 amide bonds. The fourth-order valence-electron chi connectivity index (χ4n) is 3.25. The number of aliphatic hydroxyl groups is 1. The second kappa shape index (κ2) is 9.70. The Balaban J connectivity index is 0.00000155. The number of hydrogen-bond acceptors (Lipinski definition) is 2. The van der Waals surface area contributed by atoms with Crippen LogP contribution in [0.15, 0.2) is 99.0 Å². The minimum atomic E-state index is -0.961. The Morgan fingerprint density at radius 3 is 2.23 bits per heavy atom. The van der Waals surface area contributed by atoms with Crippen LogP contribution in [0.5, 0.6) is 0 Å². The molecule has 0 saturated carbocycles. The first-order chi connectivity index (χ1) is 14.3. The van der Waals surface area contributed by atoms with Crippen LogP contribution in [0, 0.1) is 11.6 Å². The van der Waals surface area contributed by atoms with Crippen molar-refractivity contribution in [1.82, 2.24) is 0 Å². The summed E-state index contributed by atoms with van der Waals surface area (Å²) >= 11 is 0. The van der Waals surface area contributed by atoms with E-state index < -0.39 is 11.6 Å². The highest BCUT2D eigenvalue weighted by Gasteiger charge is 2.24. The van der Waals surface area contributed by atoms with Gasteiger partial charge in [0.25, 0.3) is 0 Å². The van der Waals surface area contributed by atoms with Crippen molar-refractivity contribution in [3.63, 3.8) is 0 Å². The van der Waals surface area contributed by atoms with Crippen molar-refractivity contribution in [2.75, 3.05) is 4.90 Å². The molecule has 2 nitrogen and oxygen atoms in total. The second-order valence-electron chi connectivity index (χ2n) is 6.52. The summed E-state index contributed by atoms with van der Waals surface area (Å²) in [5.41, 5.74) is 4.73. The number of aliphatic hydroxyl groups excluding tert-OH is 1. The summed E-state index contributed by atoms with van der Waals surface area (Å²) < 4.78 is 27.7. The number of anilines is 1. The van der Waals surface area contributed by atoms with E-state index >= 15 is 0 Å². The molecule has 1 aliphatic rings. The Bertz CT molecular complexity index is 1050. The van der Waals surface area contributed by atoms with E-state index in [1.165, 1.54) is 0 Å². The predicted octanol–water partition coefficient (Wildman–Crippen LogP) is 7.35. The van der Waals surface area contributed by atoms with Crippen LogP contribution < -0.4 is 4.90 Å². The summed E-state index contributed by atoms with van der Waals surface area (Å²) in [7, 11) is 0. The van der Waals surface area contributed by atoms with E-state index in [2.05, 4.69) is 32.9 Å². The predicted molar refractivity (Wildman–Crippen MR) is 123 cm³/mol. The summed E-state index contributed by atoms with van der Waals surface area (Å²) in [6.45, 7) is 19.6. The van der Waals surface area contributed by atoms with Gasteiger partial charge in [-0.3, -0.25) is 0 Å². The Morgan fingerprint density at radius 2 is 1.70 bits per heavy atom. The molecule has 2 aromatic rings. The molecule has 0 bridgehead atoms. The van der Waals surface area contributed by atoms with Crippen LogP contribution in [0.25, 0.3) is 11.1 Å². The van der Waals surface area contributed by atoms with Crippen molar-refractivity contribution < 1.29 is 13.9 Å². The van der Waals surface area contributed by atoms with Gasteiger partial charge in [0, 0.05) is 29.9 Å². The average Bonchev–Trinajstić information content (AvgIpc) is 2.74. The van der Waals surface area contributed by atoms with Gasteiger partial charge < -0.3 is 10.0 Å². The van der Waals surface area contributed by atoms with Gasteiger partial charge in [-0.25, -0.2) is 8.78 Å². The topological polar surface area (TPSA) is 23.5 Å². The first-order valence-electron chi connectivity index (χ1n) is 9.29. The van der Waals surface area contributed by atoms with Gasteiger partial charge in [0.05, 0.1) is 5.69 Å². The molecule has 0 unspecified atom stereocenters. The molecular weight excluding hydrogens is 380 g/mol. The van der Waals surface area contributed by atoms with Gasteiger partial charge in [0.1, 0.15) is 5.76 Å². The third-order valence-electron chi connectivity index (χ3n) is 4.77. The molecule has 0 atom stereocenters. The Morgan fingerprint density at radius 1 is 1.10 bits per heavy atom. The zero-order chi connectivity index (χ0) is 22.4. The van der Waals surface area contributed by atoms with E-state index in [9.17, 15) is 13.9 Å². The van der Waals surface area contributed by atoms with Gasteiger partial charge in [-0.05, 0) is 35.3 Å². The van der Waals surface area contributed by atoms with E-state index in [0.717, 1.165) is 28.8 Å². The molecule has 30 heavy (non-hydrogen) atoms. The lowest BCUT2D eigenvalue weighted by atomic mass is 9.93. The summed E-state index contributed by atoms with van der Waals surface area (Å²) in [5.74, 6) is -2.07. The highest BCUT2D eigenvalue weighted by molar-refractivity contribution is 5.91. The van der Waals surface area contributed by atoms with E-state index in [0.29, 0.717) is 28.9 Å². The molecule has 0 saturated heterocycles. The zero-order valence-electron chi connectivity index (χ0n) is 17.1. The molecule has 1 aliphatic heterocycles. The minimum absolute atomic E-state index is 0.176. The van der Waals surface area contributed by atoms with Crippen LogP contribution in [-0.4, -0.2) is 5.11 Å². The van der Waals surface area contributed by atoms with Crippen molar-refractivity contribution in [1.29, 1.82) is 0 Å². The van der Waals surface area contributed by atoms with Gasteiger partial charge in [-0.2, -0.15) is 0 Å². The Kier molecular flexibility index (Phi) is 7.32. The lowest BCUT2D eigenvalue weighted by Crippen LogP contribution is -2.22. The average molecular weight is 405 g/mol. The molecule has 154 valence electrons. The van der Waals surface area contributed by atoms with E-state index in [1.807, 2.05) is 37.3 Å². The Hall–Kier alpha value is -3.66. The third kappa shape index (κ3) is 4.49. The van der Waals surface area contributed by atoms with Crippen molar-refractivity contribution >= 4 is 16.8 Å². The first-order valence-corrected chi connectivity index (χ1v) is 9.29. The molecule has 0 fully saturated rings. The quantitative estimate of drug-likeness (QED) is 0.319. The summed E-state index contributed by atoms with van der Waals surface area (Å²) in [4.78, 5) is 1.75. The van der Waals surface area contributed by atoms with Gasteiger partial charge in [0.2, 0.25) is 0 Å². The number of nitrogens with zero attached hydrogens (tertiary/aromatic N) is 1. The normalized spacial score (nSPS) is 13.0. The molecule has 0 radical (unpaired) electrons. The zero-order valence-corrected chi connectivity index (χ0v) is 17.1. The van der Waals surface area contributed by atoms with Crippen LogP contribution >= 0.6 is 0 Å². The largest absolute Gasteiger partial charge is 0.508 e. The lowest BCUT2D eigenvalue weighted by Gasteiger charge is -2.30. The third-order valence-corrected chi connectivity index (χ3v) is 4.77. The number of allylic oxidation sites excluding steroid dienone is 4. The summed E-state index contributed by atoms with van der Waals surface area (Å²) in [6, 6.07) is 10.1. The standard InChI is InChI=1S/C24H21F2NO.C2H4/c1-5-18(6-2)19-9-7-17(8-10-19)13-27-14-21(16(4)28)15(3)20-11-22(25)23(26)12-24(20)27;1-2/h5-12,14,28H,1,3-4,13H2,2H3;1-2H2/b18-6+;. The van der Waals surface area contributed by atoms with E-state index in [-0.39, 0.29) is 5.76 Å². The van der Waals surface area contributed by atoms with Crippen molar-refractivity contribution in [3.8, 4) is 0 Å². The van der Waals surface area contributed by atoms with Crippen LogP contribution in [0.4, 0.5) is 14.5 Å². The SMILES string of the molecule is C=C.C=C/C(=C\C)c1ccc(CN2C=C(C(=C)O)C(=C)c3cc(F)c(F)cc32)cc1. The smallest absolute Gasteiger partial charge is 0.160 e. The van der Waals surface area contributed by atoms with Crippen LogP contribution in [0.3, 0.4) is 0 Å². The van der Waals surface area contributed by atoms with Gasteiger partial charge in [0.15, 0.2) is 11.6 Å². The van der Waals surface area contributed by atoms with Crippen molar-refractivity contribution in [2.45, 2.75) is 13.5 Å². The number of benzene rings is 2. The molecule has 2 aromatic carbocycles. The monoisotopic (exact) mass is 405 g/mol. The van der Waals surface area contributed by atoms with Gasteiger partial charge >= 0.3 is 0 Å². The minimum Gasteiger partial charge on any atom is -0.508 e. The summed E-state index contributed by atoms with van der Waals surface area (Å²) in [5, 5.41) is 9.90. The van der Waals surface area contributed by atoms with Crippen LogP contribution in [0.2, 0.25) is 0 Å². The van der Waals surface area contributed by atoms with Crippen molar-refractivity contribution in [3.05, 3.63) is 127 Å². The maximum Gasteiger partial charge on any atom is 0.160 e. The molecule has 1 heterocycles. The highest BCUT2D eigenvalue weighted by atomic mass is 19.2. The molecular formula is C26H25F2NO. The van der Waals surface area contributed by atoms with Crippen molar-refractivity contribution in [2.24, 2.45) is 0 Å².